The van der Waals surface area contributed by atoms with Gasteiger partial charge in [0.1, 0.15) is 6.54 Å². The molecular formula is C14H21F2N2O3+. The predicted octanol–water partition coefficient (Wildman–Crippen LogP) is 0.575. The number of methoxy groups -OCH3 is 1. The molecule has 1 aromatic carbocycles. The van der Waals surface area contributed by atoms with E-state index in [0.29, 0.717) is 6.54 Å². The highest BCUT2D eigenvalue weighted by Crippen LogP contribution is 2.29. The summed E-state index contributed by atoms with van der Waals surface area (Å²) in [5, 5.41) is 0. The molecule has 1 aromatic rings. The Morgan fingerprint density at radius 2 is 2.00 bits per heavy atom. The molecule has 0 aromatic heterocycles. The maximum Gasteiger partial charge on any atom is 0.387 e. The summed E-state index contributed by atoms with van der Waals surface area (Å²) in [5.41, 5.74) is 6.08. The molecule has 0 aliphatic carbocycles. The lowest BCUT2D eigenvalue weighted by Crippen LogP contribution is -3.14. The fourth-order valence-electron chi connectivity index (χ4n) is 1.97. The molecular weight excluding hydrogens is 282 g/mol. The number of ether oxygens (including phenoxy) is 2. The summed E-state index contributed by atoms with van der Waals surface area (Å²) in [6, 6.07) is 4.92. The molecule has 3 N–H and O–H groups in total. The van der Waals surface area contributed by atoms with Gasteiger partial charge in [-0.15, -0.1) is 0 Å². The van der Waals surface area contributed by atoms with Crippen molar-refractivity contribution in [3.63, 3.8) is 0 Å². The van der Waals surface area contributed by atoms with Crippen LogP contribution in [0.3, 0.4) is 0 Å². The molecule has 0 spiro atoms. The molecule has 118 valence electrons. The molecule has 1 unspecified atom stereocenters. The SMILES string of the molecule is COc1cc(C[NH+](CC(N)=O)C(C)C)ccc1OC(F)F. The molecule has 0 aliphatic rings. The number of rotatable bonds is 8. The third-order valence-corrected chi connectivity index (χ3v) is 3.09. The molecule has 1 atom stereocenters. The first-order chi connectivity index (χ1) is 9.83. The van der Waals surface area contributed by atoms with Crippen LogP contribution in [0.2, 0.25) is 0 Å². The Hall–Kier alpha value is -1.89. The van der Waals surface area contributed by atoms with Crippen molar-refractivity contribution in [1.82, 2.24) is 0 Å². The summed E-state index contributed by atoms with van der Waals surface area (Å²) in [4.78, 5) is 12.1. The zero-order valence-corrected chi connectivity index (χ0v) is 12.4. The van der Waals surface area contributed by atoms with Crippen molar-refractivity contribution in [2.45, 2.75) is 33.0 Å². The quantitative estimate of drug-likeness (QED) is 0.738. The smallest absolute Gasteiger partial charge is 0.387 e. The maximum atomic E-state index is 12.3. The molecule has 0 aliphatic heterocycles. The van der Waals surface area contributed by atoms with Crippen molar-refractivity contribution in [3.8, 4) is 11.5 Å². The molecule has 21 heavy (non-hydrogen) atoms. The van der Waals surface area contributed by atoms with Gasteiger partial charge in [0, 0.05) is 5.56 Å². The lowest BCUT2D eigenvalue weighted by molar-refractivity contribution is -0.927. The Balaban J connectivity index is 2.90. The van der Waals surface area contributed by atoms with Crippen LogP contribution in [0.25, 0.3) is 0 Å². The van der Waals surface area contributed by atoms with E-state index in [4.69, 9.17) is 10.5 Å². The zero-order chi connectivity index (χ0) is 16.0. The van der Waals surface area contributed by atoms with Gasteiger partial charge in [-0.05, 0) is 32.0 Å². The number of amides is 1. The van der Waals surface area contributed by atoms with Crippen LogP contribution in [-0.4, -0.2) is 32.2 Å². The van der Waals surface area contributed by atoms with Crippen LogP contribution < -0.4 is 20.1 Å². The highest BCUT2D eigenvalue weighted by atomic mass is 19.3. The largest absolute Gasteiger partial charge is 0.493 e. The van der Waals surface area contributed by atoms with E-state index < -0.39 is 6.61 Å². The number of quaternary nitrogens is 1. The van der Waals surface area contributed by atoms with Crippen LogP contribution >= 0.6 is 0 Å². The average molecular weight is 303 g/mol. The Bertz CT molecular complexity index is 481. The van der Waals surface area contributed by atoms with Crippen LogP contribution in [-0.2, 0) is 11.3 Å². The molecule has 1 rings (SSSR count). The number of hydrogen-bond donors (Lipinski definition) is 2. The monoisotopic (exact) mass is 303 g/mol. The Kier molecular flexibility index (Phi) is 6.36. The van der Waals surface area contributed by atoms with E-state index in [9.17, 15) is 13.6 Å². The molecule has 1 amide bonds. The molecule has 0 saturated carbocycles. The minimum absolute atomic E-state index is 0.0164. The first kappa shape index (κ1) is 17.2. The molecule has 7 heteroatoms. The lowest BCUT2D eigenvalue weighted by atomic mass is 10.1. The summed E-state index contributed by atoms with van der Waals surface area (Å²) < 4.78 is 33.9. The number of hydrogen-bond acceptors (Lipinski definition) is 3. The zero-order valence-electron chi connectivity index (χ0n) is 12.4. The van der Waals surface area contributed by atoms with Crippen molar-refractivity contribution in [1.29, 1.82) is 0 Å². The number of benzene rings is 1. The highest BCUT2D eigenvalue weighted by molar-refractivity contribution is 5.74. The summed E-state index contributed by atoms with van der Waals surface area (Å²) in [6.45, 7) is 1.78. The lowest BCUT2D eigenvalue weighted by Gasteiger charge is -2.22. The van der Waals surface area contributed by atoms with Crippen molar-refractivity contribution in [2.24, 2.45) is 5.73 Å². The third kappa shape index (κ3) is 5.55. The average Bonchev–Trinajstić information content (AvgIpc) is 2.38. The second-order valence-electron chi connectivity index (χ2n) is 5.00. The van der Waals surface area contributed by atoms with Crippen molar-refractivity contribution in [2.75, 3.05) is 13.7 Å². The Morgan fingerprint density at radius 3 is 2.48 bits per heavy atom. The van der Waals surface area contributed by atoms with Gasteiger partial charge >= 0.3 is 6.61 Å². The van der Waals surface area contributed by atoms with E-state index in [2.05, 4.69) is 4.74 Å². The van der Waals surface area contributed by atoms with E-state index in [1.165, 1.54) is 13.2 Å². The summed E-state index contributed by atoms with van der Waals surface area (Å²) in [5.74, 6) is -0.171. The van der Waals surface area contributed by atoms with Crippen molar-refractivity contribution in [3.05, 3.63) is 23.8 Å². The number of nitrogens with two attached hydrogens (primary N) is 1. The third-order valence-electron chi connectivity index (χ3n) is 3.09. The first-order valence-corrected chi connectivity index (χ1v) is 6.58. The predicted molar refractivity (Wildman–Crippen MR) is 73.5 cm³/mol. The van der Waals surface area contributed by atoms with E-state index in [0.717, 1.165) is 10.5 Å². The van der Waals surface area contributed by atoms with Gasteiger partial charge in [-0.1, -0.05) is 0 Å². The molecule has 5 nitrogen and oxygen atoms in total. The van der Waals surface area contributed by atoms with E-state index in [1.54, 1.807) is 12.1 Å². The van der Waals surface area contributed by atoms with Gasteiger partial charge in [0.2, 0.25) is 0 Å². The molecule has 0 fully saturated rings. The number of nitrogens with one attached hydrogen (secondary N) is 1. The van der Waals surface area contributed by atoms with Crippen LogP contribution in [0.15, 0.2) is 18.2 Å². The summed E-state index contributed by atoms with van der Waals surface area (Å²) in [6.07, 6.45) is 0. The van der Waals surface area contributed by atoms with Crippen LogP contribution in [0.1, 0.15) is 19.4 Å². The molecule has 0 saturated heterocycles. The maximum absolute atomic E-state index is 12.3. The van der Waals surface area contributed by atoms with E-state index in [1.807, 2.05) is 13.8 Å². The van der Waals surface area contributed by atoms with Gasteiger partial charge in [0.25, 0.3) is 5.91 Å². The molecule has 0 bridgehead atoms. The number of primary amides is 1. The van der Waals surface area contributed by atoms with Gasteiger partial charge in [0.05, 0.1) is 13.2 Å². The molecule has 0 radical (unpaired) electrons. The summed E-state index contributed by atoms with van der Waals surface area (Å²) >= 11 is 0. The van der Waals surface area contributed by atoms with Crippen LogP contribution in [0, 0.1) is 0 Å². The van der Waals surface area contributed by atoms with Gasteiger partial charge in [-0.2, -0.15) is 8.78 Å². The van der Waals surface area contributed by atoms with Crippen molar-refractivity contribution < 1.29 is 27.9 Å². The second kappa shape index (κ2) is 7.78. The number of halogens is 2. The Labute approximate surface area is 122 Å². The fourth-order valence-corrected chi connectivity index (χ4v) is 1.97. The summed E-state index contributed by atoms with van der Waals surface area (Å²) in [7, 11) is 1.38. The normalized spacial score (nSPS) is 12.5. The number of carbonyl (C=O) groups excluding carboxylic acids is 1. The first-order valence-electron chi connectivity index (χ1n) is 6.58. The van der Waals surface area contributed by atoms with Crippen LogP contribution in [0.4, 0.5) is 8.78 Å². The second-order valence-corrected chi connectivity index (χ2v) is 5.00. The van der Waals surface area contributed by atoms with Crippen LogP contribution in [0.5, 0.6) is 11.5 Å². The number of carbonyl (C=O) groups is 1. The Morgan fingerprint density at radius 1 is 1.33 bits per heavy atom. The minimum atomic E-state index is -2.91. The minimum Gasteiger partial charge on any atom is -0.493 e. The van der Waals surface area contributed by atoms with Gasteiger partial charge in [-0.25, -0.2) is 0 Å². The fraction of sp³-hybridized carbons (Fsp3) is 0.500. The van der Waals surface area contributed by atoms with Gasteiger partial charge < -0.3 is 20.1 Å². The van der Waals surface area contributed by atoms with Gasteiger partial charge in [-0.3, -0.25) is 4.79 Å². The topological polar surface area (TPSA) is 66.0 Å². The number of alkyl halides is 2. The van der Waals surface area contributed by atoms with Gasteiger partial charge in [0.15, 0.2) is 18.0 Å². The standard InChI is InChI=1S/C14H20F2N2O3/c1-9(2)18(8-13(17)19)7-10-4-5-11(21-14(15)16)12(6-10)20-3/h4-6,9,14H,7-8H2,1-3H3,(H2,17,19)/p+1. The van der Waals surface area contributed by atoms with E-state index >= 15 is 0 Å². The van der Waals surface area contributed by atoms with Crippen molar-refractivity contribution >= 4 is 5.91 Å². The van der Waals surface area contributed by atoms with E-state index in [-0.39, 0.29) is 30.0 Å². The molecule has 0 heterocycles. The highest BCUT2D eigenvalue weighted by Gasteiger charge is 2.18.